The van der Waals surface area contributed by atoms with Gasteiger partial charge < -0.3 is 9.84 Å². The fourth-order valence-corrected chi connectivity index (χ4v) is 2.46. The highest BCUT2D eigenvalue weighted by atomic mass is 35.5. The molecule has 3 rings (SSSR count). The third-order valence-corrected chi connectivity index (χ3v) is 3.64. The van der Waals surface area contributed by atoms with Gasteiger partial charge in [0.2, 0.25) is 0 Å². The number of aromatic carboxylic acids is 1. The molecule has 4 nitrogen and oxygen atoms in total. The van der Waals surface area contributed by atoms with Gasteiger partial charge in [0, 0.05) is 16.0 Å². The van der Waals surface area contributed by atoms with E-state index in [-0.39, 0.29) is 5.56 Å². The van der Waals surface area contributed by atoms with E-state index in [0.29, 0.717) is 27.4 Å². The van der Waals surface area contributed by atoms with Crippen LogP contribution in [0.3, 0.4) is 0 Å². The Morgan fingerprint density at radius 3 is 2.55 bits per heavy atom. The zero-order valence-electron chi connectivity index (χ0n) is 11.7. The van der Waals surface area contributed by atoms with E-state index in [0.717, 1.165) is 5.56 Å². The molecule has 0 aliphatic heterocycles. The van der Waals surface area contributed by atoms with Crippen LogP contribution in [-0.4, -0.2) is 23.2 Å². The second-order valence-corrected chi connectivity index (χ2v) is 5.16. The lowest BCUT2D eigenvalue weighted by molar-refractivity contribution is 0.0699. The first-order valence-electron chi connectivity index (χ1n) is 6.57. The number of hydrogen-bond acceptors (Lipinski definition) is 3. The lowest BCUT2D eigenvalue weighted by Crippen LogP contribution is -2.01. The van der Waals surface area contributed by atoms with Gasteiger partial charge in [-0.3, -0.25) is 0 Å². The van der Waals surface area contributed by atoms with Crippen molar-refractivity contribution >= 4 is 28.5 Å². The summed E-state index contributed by atoms with van der Waals surface area (Å²) in [6.45, 7) is 0. The van der Waals surface area contributed by atoms with Crippen LogP contribution >= 0.6 is 11.6 Å². The molecule has 2 aromatic carbocycles. The number of fused-ring (bicyclic) bond motifs is 1. The summed E-state index contributed by atoms with van der Waals surface area (Å²) in [5.74, 6) is -0.466. The fourth-order valence-electron chi connectivity index (χ4n) is 2.33. The van der Waals surface area contributed by atoms with Gasteiger partial charge in [0.1, 0.15) is 11.3 Å². The monoisotopic (exact) mass is 313 g/mol. The maximum atomic E-state index is 11.6. The van der Waals surface area contributed by atoms with Gasteiger partial charge in [0.05, 0.1) is 18.4 Å². The number of para-hydroxylation sites is 1. The van der Waals surface area contributed by atoms with Crippen LogP contribution < -0.4 is 4.74 Å². The van der Waals surface area contributed by atoms with E-state index in [2.05, 4.69) is 4.98 Å². The third-order valence-electron chi connectivity index (χ3n) is 3.39. The Bertz CT molecular complexity index is 860. The second kappa shape index (κ2) is 5.66. The summed E-state index contributed by atoms with van der Waals surface area (Å²) in [6, 6.07) is 13.9. The van der Waals surface area contributed by atoms with E-state index in [1.807, 2.05) is 0 Å². The maximum Gasteiger partial charge on any atom is 0.336 e. The fraction of sp³-hybridized carbons (Fsp3) is 0.0588. The number of pyridine rings is 1. The highest BCUT2D eigenvalue weighted by molar-refractivity contribution is 6.30. The summed E-state index contributed by atoms with van der Waals surface area (Å²) in [6.07, 6.45) is 0. The molecular formula is C17H12ClNO3. The summed E-state index contributed by atoms with van der Waals surface area (Å²) in [7, 11) is 1.53. The van der Waals surface area contributed by atoms with E-state index in [1.165, 1.54) is 7.11 Å². The summed E-state index contributed by atoms with van der Waals surface area (Å²) >= 11 is 5.89. The number of rotatable bonds is 3. The van der Waals surface area contributed by atoms with Crippen LogP contribution in [0.5, 0.6) is 5.75 Å². The first-order chi connectivity index (χ1) is 10.6. The Labute approximate surface area is 131 Å². The first kappa shape index (κ1) is 14.4. The standard InChI is InChI=1S/C17H12ClNO3/c1-22-15-4-2-3-12-13(17(20)21)9-14(19-16(12)15)10-5-7-11(18)8-6-10/h2-9H,1H3,(H,20,21). The Morgan fingerprint density at radius 2 is 1.91 bits per heavy atom. The lowest BCUT2D eigenvalue weighted by Gasteiger charge is -2.10. The molecule has 0 fully saturated rings. The molecular weight excluding hydrogens is 302 g/mol. The number of carboxylic acids is 1. The molecule has 0 saturated heterocycles. The minimum atomic E-state index is -1.00. The lowest BCUT2D eigenvalue weighted by atomic mass is 10.0. The molecule has 0 aliphatic rings. The number of ether oxygens (including phenoxy) is 1. The maximum absolute atomic E-state index is 11.6. The summed E-state index contributed by atoms with van der Waals surface area (Å²) < 4.78 is 5.30. The van der Waals surface area contributed by atoms with Crippen molar-refractivity contribution in [3.05, 3.63) is 59.1 Å². The third kappa shape index (κ3) is 2.49. The highest BCUT2D eigenvalue weighted by Crippen LogP contribution is 2.30. The van der Waals surface area contributed by atoms with Gasteiger partial charge >= 0.3 is 5.97 Å². The number of halogens is 1. The van der Waals surface area contributed by atoms with Crippen molar-refractivity contribution in [2.24, 2.45) is 0 Å². The first-order valence-corrected chi connectivity index (χ1v) is 6.95. The van der Waals surface area contributed by atoms with E-state index in [4.69, 9.17) is 16.3 Å². The molecule has 5 heteroatoms. The van der Waals surface area contributed by atoms with Gasteiger partial charge in [0.15, 0.2) is 0 Å². The van der Waals surface area contributed by atoms with Gasteiger partial charge in [-0.15, -0.1) is 0 Å². The molecule has 0 unspecified atom stereocenters. The average Bonchev–Trinajstić information content (AvgIpc) is 2.53. The number of carbonyl (C=O) groups is 1. The normalized spacial score (nSPS) is 10.6. The van der Waals surface area contributed by atoms with E-state index in [1.54, 1.807) is 48.5 Å². The molecule has 0 atom stereocenters. The average molecular weight is 314 g/mol. The summed E-state index contributed by atoms with van der Waals surface area (Å²) in [5, 5.41) is 10.6. The van der Waals surface area contributed by atoms with Crippen LogP contribution in [0.2, 0.25) is 5.02 Å². The predicted molar refractivity (Wildman–Crippen MR) is 85.7 cm³/mol. The zero-order valence-corrected chi connectivity index (χ0v) is 12.5. The molecule has 0 amide bonds. The van der Waals surface area contributed by atoms with E-state index in [9.17, 15) is 9.90 Å². The van der Waals surface area contributed by atoms with Crippen molar-refractivity contribution in [1.29, 1.82) is 0 Å². The van der Waals surface area contributed by atoms with Crippen LogP contribution in [0.4, 0.5) is 0 Å². The second-order valence-electron chi connectivity index (χ2n) is 4.72. The Hall–Kier alpha value is -2.59. The van der Waals surface area contributed by atoms with Crippen LogP contribution in [0.1, 0.15) is 10.4 Å². The minimum Gasteiger partial charge on any atom is -0.494 e. The molecule has 0 radical (unpaired) electrons. The van der Waals surface area contributed by atoms with Crippen LogP contribution in [-0.2, 0) is 0 Å². The largest absolute Gasteiger partial charge is 0.494 e. The van der Waals surface area contributed by atoms with Crippen molar-refractivity contribution in [3.63, 3.8) is 0 Å². The van der Waals surface area contributed by atoms with Crippen LogP contribution in [0, 0.1) is 0 Å². The van der Waals surface area contributed by atoms with Crippen LogP contribution in [0.15, 0.2) is 48.5 Å². The highest BCUT2D eigenvalue weighted by Gasteiger charge is 2.15. The number of carboxylic acid groups (broad SMARTS) is 1. The van der Waals surface area contributed by atoms with Crippen molar-refractivity contribution < 1.29 is 14.6 Å². The minimum absolute atomic E-state index is 0.189. The molecule has 1 aromatic heterocycles. The van der Waals surface area contributed by atoms with Gasteiger partial charge in [0.25, 0.3) is 0 Å². The molecule has 0 bridgehead atoms. The molecule has 0 aliphatic carbocycles. The molecule has 3 aromatic rings. The van der Waals surface area contributed by atoms with E-state index >= 15 is 0 Å². The zero-order chi connectivity index (χ0) is 15.7. The topological polar surface area (TPSA) is 59.4 Å². The predicted octanol–water partition coefficient (Wildman–Crippen LogP) is 4.26. The summed E-state index contributed by atoms with van der Waals surface area (Å²) in [5.41, 5.74) is 2.06. The number of hydrogen-bond donors (Lipinski definition) is 1. The van der Waals surface area contributed by atoms with Crippen molar-refractivity contribution in [1.82, 2.24) is 4.98 Å². The smallest absolute Gasteiger partial charge is 0.336 e. The Kier molecular flexibility index (Phi) is 3.69. The van der Waals surface area contributed by atoms with E-state index < -0.39 is 5.97 Å². The Morgan fingerprint density at radius 1 is 1.18 bits per heavy atom. The SMILES string of the molecule is COc1cccc2c(C(=O)O)cc(-c3ccc(Cl)cc3)nc12. The Balaban J connectivity index is 2.32. The number of methoxy groups -OCH3 is 1. The molecule has 110 valence electrons. The van der Waals surface area contributed by atoms with Gasteiger partial charge in [-0.2, -0.15) is 0 Å². The molecule has 0 spiro atoms. The van der Waals surface area contributed by atoms with Gasteiger partial charge in [-0.25, -0.2) is 9.78 Å². The number of aromatic nitrogens is 1. The molecule has 0 saturated carbocycles. The van der Waals surface area contributed by atoms with Crippen molar-refractivity contribution in [3.8, 4) is 17.0 Å². The quantitative estimate of drug-likeness (QED) is 0.784. The van der Waals surface area contributed by atoms with Gasteiger partial charge in [-0.05, 0) is 24.3 Å². The van der Waals surface area contributed by atoms with Crippen LogP contribution in [0.25, 0.3) is 22.2 Å². The molecule has 1 N–H and O–H groups in total. The van der Waals surface area contributed by atoms with Gasteiger partial charge in [-0.1, -0.05) is 35.9 Å². The number of benzene rings is 2. The molecule has 1 heterocycles. The number of nitrogens with zero attached hydrogens (tertiary/aromatic N) is 1. The van der Waals surface area contributed by atoms with Crippen molar-refractivity contribution in [2.45, 2.75) is 0 Å². The molecule has 22 heavy (non-hydrogen) atoms. The summed E-state index contributed by atoms with van der Waals surface area (Å²) in [4.78, 5) is 16.1. The van der Waals surface area contributed by atoms with Crippen molar-refractivity contribution in [2.75, 3.05) is 7.11 Å².